The zero-order valence-electron chi connectivity index (χ0n) is 30.5. The minimum atomic E-state index is -0.106. The van der Waals surface area contributed by atoms with Crippen molar-refractivity contribution in [3.05, 3.63) is 181 Å². The minimum absolute atomic E-state index is 0.106. The molecule has 258 valence electrons. The summed E-state index contributed by atoms with van der Waals surface area (Å²) in [7, 11) is 0. The van der Waals surface area contributed by atoms with Gasteiger partial charge < -0.3 is 4.57 Å². The number of nitrogens with zero attached hydrogens (tertiary/aromatic N) is 4. The van der Waals surface area contributed by atoms with E-state index < -0.39 is 0 Å². The number of rotatable bonds is 3. The van der Waals surface area contributed by atoms with E-state index in [1.807, 2.05) is 12.1 Å². The average Bonchev–Trinajstić information content (AvgIpc) is 3.80. The third kappa shape index (κ3) is 4.22. The van der Waals surface area contributed by atoms with E-state index in [-0.39, 0.29) is 5.41 Å². The van der Waals surface area contributed by atoms with Gasteiger partial charge >= 0.3 is 0 Å². The summed E-state index contributed by atoms with van der Waals surface area (Å²) in [5.41, 5.74) is 14.6. The summed E-state index contributed by atoms with van der Waals surface area (Å²) in [5.74, 6) is 0.819. The summed E-state index contributed by atoms with van der Waals surface area (Å²) in [6.07, 6.45) is 0. The molecule has 4 heteroatoms. The van der Waals surface area contributed by atoms with Gasteiger partial charge in [-0.25, -0.2) is 9.97 Å². The molecule has 0 spiro atoms. The zero-order chi connectivity index (χ0) is 36.4. The van der Waals surface area contributed by atoms with Crippen LogP contribution in [0.25, 0.3) is 99.3 Å². The largest absolute Gasteiger partial charge is 0.309 e. The van der Waals surface area contributed by atoms with Crippen molar-refractivity contribution in [3.8, 4) is 33.9 Å². The maximum atomic E-state index is 5.45. The van der Waals surface area contributed by atoms with Gasteiger partial charge in [-0.1, -0.05) is 129 Å². The summed E-state index contributed by atoms with van der Waals surface area (Å²) < 4.78 is 4.83. The van der Waals surface area contributed by atoms with E-state index in [1.165, 1.54) is 60.1 Å². The minimum Gasteiger partial charge on any atom is -0.309 e. The molecule has 0 unspecified atom stereocenters. The number of hydrogen-bond donors (Lipinski definition) is 0. The van der Waals surface area contributed by atoms with Crippen LogP contribution in [-0.2, 0) is 5.41 Å². The van der Waals surface area contributed by atoms with Gasteiger partial charge in [-0.2, -0.15) is 0 Å². The van der Waals surface area contributed by atoms with Gasteiger partial charge in [-0.3, -0.25) is 4.57 Å². The van der Waals surface area contributed by atoms with E-state index >= 15 is 0 Å². The van der Waals surface area contributed by atoms with Crippen molar-refractivity contribution < 1.29 is 0 Å². The van der Waals surface area contributed by atoms with E-state index in [1.54, 1.807) is 0 Å². The Morgan fingerprint density at radius 3 is 1.89 bits per heavy atom. The highest BCUT2D eigenvalue weighted by atomic mass is 15.1. The molecular weight excluding hydrogens is 669 g/mol. The number of hydrogen-bond acceptors (Lipinski definition) is 2. The number of benzene rings is 8. The lowest BCUT2D eigenvalue weighted by atomic mass is 9.82. The molecule has 0 saturated carbocycles. The van der Waals surface area contributed by atoms with E-state index in [9.17, 15) is 0 Å². The van der Waals surface area contributed by atoms with Gasteiger partial charge in [0.2, 0.25) is 0 Å². The van der Waals surface area contributed by atoms with Gasteiger partial charge in [0.05, 0.1) is 33.1 Å². The van der Waals surface area contributed by atoms with E-state index in [4.69, 9.17) is 9.97 Å². The van der Waals surface area contributed by atoms with E-state index in [0.29, 0.717) is 0 Å². The molecule has 0 amide bonds. The van der Waals surface area contributed by atoms with Crippen LogP contribution in [-0.4, -0.2) is 19.1 Å². The summed E-state index contributed by atoms with van der Waals surface area (Å²) in [6, 6.07) is 61.6. The normalized spacial score (nSPS) is 13.4. The first-order valence-corrected chi connectivity index (χ1v) is 19.0. The Morgan fingerprint density at radius 1 is 0.418 bits per heavy atom. The van der Waals surface area contributed by atoms with Crippen molar-refractivity contribution >= 4 is 65.4 Å². The fraction of sp³-hybridized carbons (Fsp3) is 0.0588. The van der Waals surface area contributed by atoms with Crippen LogP contribution < -0.4 is 0 Å². The molecule has 0 radical (unpaired) electrons. The molecular formula is C51H34N4. The van der Waals surface area contributed by atoms with Crippen LogP contribution in [0.2, 0.25) is 0 Å². The molecule has 12 rings (SSSR count). The number of fused-ring (bicyclic) bond motifs is 11. The van der Waals surface area contributed by atoms with Crippen LogP contribution >= 0.6 is 0 Å². The molecule has 0 N–H and O–H groups in total. The van der Waals surface area contributed by atoms with Crippen LogP contribution in [0.5, 0.6) is 0 Å². The molecule has 11 aromatic rings. The van der Waals surface area contributed by atoms with Gasteiger partial charge in [0.15, 0.2) is 5.82 Å². The fourth-order valence-electron chi connectivity index (χ4n) is 9.44. The molecule has 1 aliphatic rings. The second-order valence-corrected chi connectivity index (χ2v) is 15.4. The van der Waals surface area contributed by atoms with Crippen molar-refractivity contribution in [2.24, 2.45) is 0 Å². The lowest BCUT2D eigenvalue weighted by Gasteiger charge is -2.22. The van der Waals surface area contributed by atoms with Gasteiger partial charge in [-0.15, -0.1) is 0 Å². The topological polar surface area (TPSA) is 35.6 Å². The van der Waals surface area contributed by atoms with E-state index in [2.05, 4.69) is 181 Å². The third-order valence-corrected chi connectivity index (χ3v) is 12.1. The zero-order valence-corrected chi connectivity index (χ0v) is 30.5. The van der Waals surface area contributed by atoms with Crippen LogP contribution in [0.4, 0.5) is 0 Å². The smallest absolute Gasteiger partial charge is 0.165 e. The quantitative estimate of drug-likeness (QED) is 0.184. The summed E-state index contributed by atoms with van der Waals surface area (Å²) >= 11 is 0. The fourth-order valence-corrected chi connectivity index (χ4v) is 9.44. The molecule has 55 heavy (non-hydrogen) atoms. The predicted molar refractivity (Wildman–Crippen MR) is 229 cm³/mol. The monoisotopic (exact) mass is 702 g/mol. The van der Waals surface area contributed by atoms with Crippen molar-refractivity contribution in [2.45, 2.75) is 19.3 Å². The second kappa shape index (κ2) is 11.0. The van der Waals surface area contributed by atoms with Gasteiger partial charge in [0.25, 0.3) is 0 Å². The third-order valence-electron chi connectivity index (χ3n) is 12.1. The Hall–Kier alpha value is -7.04. The Balaban J connectivity index is 1.22. The molecule has 3 aromatic heterocycles. The highest BCUT2D eigenvalue weighted by Gasteiger charge is 2.35. The van der Waals surface area contributed by atoms with Gasteiger partial charge in [-0.05, 0) is 87.6 Å². The number of aromatic nitrogens is 4. The first kappa shape index (κ1) is 30.4. The highest BCUT2D eigenvalue weighted by Crippen LogP contribution is 2.50. The molecule has 0 atom stereocenters. The Kier molecular flexibility index (Phi) is 6.09. The standard InChI is InChI=1S/C51H34N4/c1-51(2)41-20-10-8-18-35(41)36-25-24-34(28-42(36)51)54-45-23-13-9-19-37(45)39-29-40-38-26-32-16-6-7-17-33(32)27-46(38)55(48(40)30-47(39)54)50-49(31-14-4-3-5-15-31)52-43-21-11-12-22-44(43)53-50/h3-30H,1-2H3. The molecule has 0 saturated heterocycles. The molecule has 8 aromatic carbocycles. The van der Waals surface area contributed by atoms with Crippen LogP contribution in [0.3, 0.4) is 0 Å². The summed E-state index contributed by atoms with van der Waals surface area (Å²) in [4.78, 5) is 10.8. The van der Waals surface area contributed by atoms with Crippen LogP contribution in [0.15, 0.2) is 170 Å². The van der Waals surface area contributed by atoms with Crippen LogP contribution in [0, 0.1) is 0 Å². The Morgan fingerprint density at radius 2 is 1.04 bits per heavy atom. The lowest BCUT2D eigenvalue weighted by Crippen LogP contribution is -2.15. The van der Waals surface area contributed by atoms with E-state index in [0.717, 1.165) is 50.3 Å². The molecule has 0 aliphatic heterocycles. The predicted octanol–water partition coefficient (Wildman–Crippen LogP) is 13.0. The molecule has 4 nitrogen and oxygen atoms in total. The van der Waals surface area contributed by atoms with Crippen molar-refractivity contribution in [2.75, 3.05) is 0 Å². The molecule has 0 fully saturated rings. The van der Waals surface area contributed by atoms with Gasteiger partial charge in [0, 0.05) is 38.2 Å². The average molecular weight is 703 g/mol. The second-order valence-electron chi connectivity index (χ2n) is 15.4. The lowest BCUT2D eigenvalue weighted by molar-refractivity contribution is 0.660. The molecule has 1 aliphatic carbocycles. The summed E-state index contributed by atoms with van der Waals surface area (Å²) in [5, 5.41) is 7.25. The maximum absolute atomic E-state index is 5.45. The Labute approximate surface area is 317 Å². The maximum Gasteiger partial charge on any atom is 0.165 e. The van der Waals surface area contributed by atoms with Crippen molar-refractivity contribution in [1.82, 2.24) is 19.1 Å². The Bertz CT molecular complexity index is 3400. The first-order valence-electron chi connectivity index (χ1n) is 19.0. The van der Waals surface area contributed by atoms with Gasteiger partial charge in [0.1, 0.15) is 5.69 Å². The number of para-hydroxylation sites is 3. The molecule has 0 bridgehead atoms. The summed E-state index contributed by atoms with van der Waals surface area (Å²) in [6.45, 7) is 4.71. The first-order chi connectivity index (χ1) is 27.0. The SMILES string of the molecule is CC1(C)c2ccccc2-c2ccc(-n3c4ccccc4c4cc5c6cc7ccccc7cc6n(-c6nc7ccccc7nc6-c6ccccc6)c5cc43)cc21. The van der Waals surface area contributed by atoms with Crippen molar-refractivity contribution in [1.29, 1.82) is 0 Å². The van der Waals surface area contributed by atoms with Crippen molar-refractivity contribution in [3.63, 3.8) is 0 Å². The van der Waals surface area contributed by atoms with Crippen LogP contribution in [0.1, 0.15) is 25.0 Å². The molecule has 3 heterocycles. The highest BCUT2D eigenvalue weighted by molar-refractivity contribution is 6.21.